The summed E-state index contributed by atoms with van der Waals surface area (Å²) >= 11 is 0. The van der Waals surface area contributed by atoms with Gasteiger partial charge in [0.05, 0.1) is 6.61 Å². The highest BCUT2D eigenvalue weighted by atomic mass is 31.2. The molecule has 0 aromatic heterocycles. The zero-order valence-electron chi connectivity index (χ0n) is 39.8. The number of allylic oxidation sites excluding steroid dienone is 12. The lowest BCUT2D eigenvalue weighted by molar-refractivity contribution is -0.220. The van der Waals surface area contributed by atoms with E-state index in [1.165, 1.54) is 64.2 Å². The SMILES string of the molecule is CC/C=C\C/C=C\C/C=C\C/C=C\CCCCC(=O)OC(COC(=O)CCCCCCCCCCC/C=C\C/C=C\CCCCCCC)COP(=O)(O)OC1C(O)C(O)C(O)C(O)C1O. The highest BCUT2D eigenvalue weighted by molar-refractivity contribution is 7.47. The maximum Gasteiger partial charge on any atom is 0.472 e. The highest BCUT2D eigenvalue weighted by Gasteiger charge is 2.51. The van der Waals surface area contributed by atoms with Crippen molar-refractivity contribution in [3.8, 4) is 0 Å². The Balaban J connectivity index is 2.43. The Morgan fingerprint density at radius 1 is 0.492 bits per heavy atom. The van der Waals surface area contributed by atoms with E-state index in [-0.39, 0.29) is 12.8 Å². The van der Waals surface area contributed by atoms with E-state index >= 15 is 0 Å². The van der Waals surface area contributed by atoms with E-state index in [1.54, 1.807) is 0 Å². The number of carbonyl (C=O) groups is 2. The quantitative estimate of drug-likeness (QED) is 0.0146. The number of aliphatic hydroxyl groups is 5. The molecule has 0 bridgehead atoms. The van der Waals surface area contributed by atoms with Crippen LogP contribution >= 0.6 is 7.82 Å². The molecule has 0 radical (unpaired) electrons. The Labute approximate surface area is 391 Å². The summed E-state index contributed by atoms with van der Waals surface area (Å²) in [5.41, 5.74) is 0. The minimum Gasteiger partial charge on any atom is -0.462 e. The lowest BCUT2D eigenvalue weighted by Crippen LogP contribution is -2.64. The zero-order valence-corrected chi connectivity index (χ0v) is 40.7. The average molecular weight is 939 g/mol. The first kappa shape index (κ1) is 60.3. The van der Waals surface area contributed by atoms with Gasteiger partial charge in [0.15, 0.2) is 6.10 Å². The molecule has 6 atom stereocenters. The molecule has 0 aliphatic heterocycles. The summed E-state index contributed by atoms with van der Waals surface area (Å²) in [6, 6.07) is 0. The summed E-state index contributed by atoms with van der Waals surface area (Å²) in [4.78, 5) is 35.8. The first-order valence-corrected chi connectivity index (χ1v) is 26.2. The number of esters is 2. The van der Waals surface area contributed by atoms with E-state index in [2.05, 4.69) is 80.7 Å². The number of phosphoric ester groups is 1. The zero-order chi connectivity index (χ0) is 47.8. The minimum absolute atomic E-state index is 0.0403. The second kappa shape index (κ2) is 40.4. The maximum atomic E-state index is 12.8. The Bertz CT molecular complexity index is 1410. The third-order valence-electron chi connectivity index (χ3n) is 11.0. The predicted molar refractivity (Wildman–Crippen MR) is 258 cm³/mol. The van der Waals surface area contributed by atoms with Crippen molar-refractivity contribution in [2.24, 2.45) is 0 Å². The molecular weight excluding hydrogens is 852 g/mol. The fourth-order valence-corrected chi connectivity index (χ4v) is 8.05. The van der Waals surface area contributed by atoms with Gasteiger partial charge in [0.2, 0.25) is 0 Å². The average Bonchev–Trinajstić information content (AvgIpc) is 3.29. The van der Waals surface area contributed by atoms with Gasteiger partial charge in [-0.1, -0.05) is 157 Å². The van der Waals surface area contributed by atoms with Crippen molar-refractivity contribution in [3.63, 3.8) is 0 Å². The topological polar surface area (TPSA) is 210 Å². The third-order valence-corrected chi connectivity index (χ3v) is 12.0. The summed E-state index contributed by atoms with van der Waals surface area (Å²) in [6.45, 7) is 3.14. The molecule has 1 saturated carbocycles. The molecule has 1 rings (SSSR count). The molecular formula is C51H87O13P. The lowest BCUT2D eigenvalue weighted by atomic mass is 9.85. The van der Waals surface area contributed by atoms with Crippen LogP contribution in [0.3, 0.4) is 0 Å². The van der Waals surface area contributed by atoms with Crippen molar-refractivity contribution in [1.29, 1.82) is 0 Å². The Kier molecular flexibility index (Phi) is 37.5. The van der Waals surface area contributed by atoms with Gasteiger partial charge in [-0.15, -0.1) is 0 Å². The van der Waals surface area contributed by atoms with Gasteiger partial charge in [-0.05, 0) is 83.5 Å². The van der Waals surface area contributed by atoms with E-state index in [0.29, 0.717) is 19.3 Å². The molecule has 1 fully saturated rings. The van der Waals surface area contributed by atoms with Crippen LogP contribution in [-0.4, -0.2) is 98.3 Å². The number of hydrogen-bond acceptors (Lipinski definition) is 12. The van der Waals surface area contributed by atoms with Crippen LogP contribution in [0.1, 0.15) is 181 Å². The van der Waals surface area contributed by atoms with E-state index in [9.17, 15) is 44.6 Å². The van der Waals surface area contributed by atoms with Gasteiger partial charge < -0.3 is 39.9 Å². The fourth-order valence-electron chi connectivity index (χ4n) is 7.07. The minimum atomic E-state index is -5.14. The molecule has 0 aromatic rings. The standard InChI is InChI=1S/C51H87O13P/c1-3-5-7-9-11-13-15-17-19-20-21-22-23-24-26-27-29-31-33-35-37-39-44(52)61-41-43(42-62-65(59,60)64-51-49(57)47(55)46(54)48(56)50(51)58)63-45(53)40-38-36-34-32-30-28-25-18-16-14-12-10-8-6-4-2/h6,8,12,14-15,17-18,20-21,25,30,32,43,46-51,54-58H,3-5,7,9-11,13,16,19,22-24,26-29,31,33-42H2,1-2H3,(H,59,60)/b8-6-,14-12-,17-15-,21-20-,25-18-,32-30-. The molecule has 65 heavy (non-hydrogen) atoms. The normalized spacial score (nSPS) is 22.0. The second-order valence-corrected chi connectivity index (χ2v) is 18.3. The van der Waals surface area contributed by atoms with Crippen LogP contribution in [0.2, 0.25) is 0 Å². The Hall–Kier alpha value is -2.71. The van der Waals surface area contributed by atoms with Crippen molar-refractivity contribution < 1.29 is 63.1 Å². The predicted octanol–water partition coefficient (Wildman–Crippen LogP) is 10.3. The molecule has 1 aliphatic carbocycles. The highest BCUT2D eigenvalue weighted by Crippen LogP contribution is 2.47. The molecule has 0 saturated heterocycles. The largest absolute Gasteiger partial charge is 0.472 e. The van der Waals surface area contributed by atoms with Crippen LogP contribution < -0.4 is 0 Å². The first-order chi connectivity index (χ1) is 31.4. The lowest BCUT2D eigenvalue weighted by Gasteiger charge is -2.41. The summed E-state index contributed by atoms with van der Waals surface area (Å²) in [5, 5.41) is 50.2. The number of phosphoric acid groups is 1. The molecule has 6 unspecified atom stereocenters. The molecule has 0 aromatic carbocycles. The molecule has 0 spiro atoms. The van der Waals surface area contributed by atoms with Crippen molar-refractivity contribution >= 4 is 19.8 Å². The maximum absolute atomic E-state index is 12.8. The van der Waals surface area contributed by atoms with Crippen LogP contribution in [0.5, 0.6) is 0 Å². The molecule has 14 heteroatoms. The Morgan fingerprint density at radius 3 is 1.37 bits per heavy atom. The van der Waals surface area contributed by atoms with Gasteiger partial charge >= 0.3 is 19.8 Å². The smallest absolute Gasteiger partial charge is 0.462 e. The van der Waals surface area contributed by atoms with Crippen molar-refractivity contribution in [1.82, 2.24) is 0 Å². The molecule has 1 aliphatic rings. The Morgan fingerprint density at radius 2 is 0.877 bits per heavy atom. The van der Waals surface area contributed by atoms with E-state index in [4.69, 9.17) is 18.5 Å². The summed E-state index contributed by atoms with van der Waals surface area (Å²) in [6.07, 6.45) is 38.1. The van der Waals surface area contributed by atoms with E-state index in [1.807, 2.05) is 6.08 Å². The van der Waals surface area contributed by atoms with E-state index in [0.717, 1.165) is 70.6 Å². The van der Waals surface area contributed by atoms with Crippen LogP contribution in [0.15, 0.2) is 72.9 Å². The fraction of sp³-hybridized carbons (Fsp3) is 0.725. The van der Waals surface area contributed by atoms with Gasteiger partial charge in [0.1, 0.15) is 43.2 Å². The molecule has 0 amide bonds. The second-order valence-electron chi connectivity index (χ2n) is 16.9. The van der Waals surface area contributed by atoms with Crippen LogP contribution in [-0.2, 0) is 32.7 Å². The van der Waals surface area contributed by atoms with Gasteiger partial charge in [-0.25, -0.2) is 4.57 Å². The number of ether oxygens (including phenoxy) is 2. The van der Waals surface area contributed by atoms with Gasteiger partial charge in [0, 0.05) is 12.8 Å². The van der Waals surface area contributed by atoms with Crippen LogP contribution in [0, 0.1) is 0 Å². The molecule has 374 valence electrons. The molecule has 13 nitrogen and oxygen atoms in total. The number of carbonyl (C=O) groups excluding carboxylic acids is 2. The molecule has 6 N–H and O–H groups in total. The van der Waals surface area contributed by atoms with Gasteiger partial charge in [-0.3, -0.25) is 18.6 Å². The summed E-state index contributed by atoms with van der Waals surface area (Å²) in [5.74, 6) is -1.16. The van der Waals surface area contributed by atoms with E-state index < -0.39 is 75.7 Å². The third kappa shape index (κ3) is 32.6. The number of rotatable bonds is 40. The van der Waals surface area contributed by atoms with Crippen molar-refractivity contribution in [2.45, 2.75) is 224 Å². The van der Waals surface area contributed by atoms with Gasteiger partial charge in [0.25, 0.3) is 0 Å². The number of hydrogen-bond donors (Lipinski definition) is 6. The number of unbranched alkanes of at least 4 members (excludes halogenated alkanes) is 16. The van der Waals surface area contributed by atoms with Crippen LogP contribution in [0.25, 0.3) is 0 Å². The van der Waals surface area contributed by atoms with Crippen molar-refractivity contribution in [3.05, 3.63) is 72.9 Å². The summed E-state index contributed by atoms with van der Waals surface area (Å²) < 4.78 is 33.5. The number of aliphatic hydroxyl groups excluding tert-OH is 5. The van der Waals surface area contributed by atoms with Gasteiger partial charge in [-0.2, -0.15) is 0 Å². The van der Waals surface area contributed by atoms with Crippen LogP contribution in [0.4, 0.5) is 0 Å². The first-order valence-electron chi connectivity index (χ1n) is 24.7. The molecule has 0 heterocycles. The summed E-state index contributed by atoms with van der Waals surface area (Å²) in [7, 11) is -5.14. The monoisotopic (exact) mass is 939 g/mol. The van der Waals surface area contributed by atoms with Crippen molar-refractivity contribution in [2.75, 3.05) is 13.2 Å².